The summed E-state index contributed by atoms with van der Waals surface area (Å²) in [6.07, 6.45) is 0. The number of hydrogen-bond donors (Lipinski definition) is 0. The minimum absolute atomic E-state index is 0.383. The highest BCUT2D eigenvalue weighted by molar-refractivity contribution is 5.57. The third-order valence-corrected chi connectivity index (χ3v) is 5.47. The summed E-state index contributed by atoms with van der Waals surface area (Å²) < 4.78 is 7.44. The van der Waals surface area contributed by atoms with Gasteiger partial charge in [-0.25, -0.2) is 4.68 Å². The van der Waals surface area contributed by atoms with Crippen LogP contribution < -0.4 is 4.90 Å². The quantitative estimate of drug-likeness (QED) is 0.644. The summed E-state index contributed by atoms with van der Waals surface area (Å²) in [5.74, 6) is 1.62. The van der Waals surface area contributed by atoms with Crippen LogP contribution in [-0.2, 0) is 11.3 Å². The van der Waals surface area contributed by atoms with Crippen molar-refractivity contribution in [3.8, 4) is 11.4 Å². The fraction of sp³-hybridized carbons (Fsp3) is 0.391. The van der Waals surface area contributed by atoms with Gasteiger partial charge in [0.1, 0.15) is 0 Å². The number of rotatable bonds is 6. The molecule has 0 amide bonds. The van der Waals surface area contributed by atoms with E-state index in [1.807, 2.05) is 29.7 Å². The maximum atomic E-state index is 5.47. The van der Waals surface area contributed by atoms with E-state index in [1.54, 1.807) is 0 Å². The molecule has 0 saturated carbocycles. The van der Waals surface area contributed by atoms with Crippen LogP contribution in [0.3, 0.4) is 0 Å². The molecule has 6 heteroatoms. The highest BCUT2D eigenvalue weighted by Crippen LogP contribution is 2.25. The van der Waals surface area contributed by atoms with Crippen molar-refractivity contribution in [1.29, 1.82) is 0 Å². The molecule has 2 aromatic carbocycles. The fourth-order valence-electron chi connectivity index (χ4n) is 3.74. The van der Waals surface area contributed by atoms with E-state index in [-0.39, 0.29) is 0 Å². The first kappa shape index (κ1) is 19.6. The summed E-state index contributed by atoms with van der Waals surface area (Å²) >= 11 is 0. The second-order valence-electron chi connectivity index (χ2n) is 7.72. The van der Waals surface area contributed by atoms with Crippen LogP contribution >= 0.6 is 0 Å². The van der Waals surface area contributed by atoms with Gasteiger partial charge in [0.05, 0.1) is 19.8 Å². The number of ether oxygens (including phenoxy) is 1. The van der Waals surface area contributed by atoms with Gasteiger partial charge < -0.3 is 9.64 Å². The molecule has 0 radical (unpaired) electrons. The Morgan fingerprint density at radius 1 is 1.00 bits per heavy atom. The second-order valence-corrected chi connectivity index (χ2v) is 7.72. The van der Waals surface area contributed by atoms with E-state index < -0.39 is 0 Å². The highest BCUT2D eigenvalue weighted by Gasteiger charge is 2.19. The van der Waals surface area contributed by atoms with E-state index in [4.69, 9.17) is 14.8 Å². The molecule has 1 saturated heterocycles. The molecule has 3 aromatic rings. The molecule has 1 aromatic heterocycles. The smallest absolute Gasteiger partial charge is 0.224 e. The number of morpholine rings is 1. The lowest BCUT2D eigenvalue weighted by Gasteiger charge is -2.32. The van der Waals surface area contributed by atoms with Gasteiger partial charge in [-0.15, -0.1) is 5.10 Å². The zero-order chi connectivity index (χ0) is 20.2. The van der Waals surface area contributed by atoms with E-state index in [0.717, 1.165) is 43.6 Å². The van der Waals surface area contributed by atoms with Gasteiger partial charge in [-0.1, -0.05) is 54.6 Å². The molecule has 29 heavy (non-hydrogen) atoms. The molecule has 0 bridgehead atoms. The third-order valence-electron chi connectivity index (χ3n) is 5.47. The molecular formula is C23H29N5O. The molecule has 4 rings (SSSR count). The maximum absolute atomic E-state index is 5.47. The predicted molar refractivity (Wildman–Crippen MR) is 116 cm³/mol. The average molecular weight is 392 g/mol. The van der Waals surface area contributed by atoms with E-state index in [9.17, 15) is 0 Å². The summed E-state index contributed by atoms with van der Waals surface area (Å²) in [4.78, 5) is 9.27. The standard InChI is InChI=1S/C23H29N5O/c1-18(27-13-15-29-16-14-27)20-9-11-21(12-10-20)22-24-23(26(2)3)28(25-22)17-19-7-5-4-6-8-19/h4-12,18H,13-17H2,1-3H3/t18-/m0/s1. The lowest BCUT2D eigenvalue weighted by molar-refractivity contribution is 0.0198. The maximum Gasteiger partial charge on any atom is 0.224 e. The fourth-order valence-corrected chi connectivity index (χ4v) is 3.74. The van der Waals surface area contributed by atoms with Crippen LogP contribution in [0.5, 0.6) is 0 Å². The third kappa shape index (κ3) is 4.49. The molecule has 6 nitrogen and oxygen atoms in total. The molecular weight excluding hydrogens is 362 g/mol. The van der Waals surface area contributed by atoms with Gasteiger partial charge in [-0.05, 0) is 18.1 Å². The number of hydrogen-bond acceptors (Lipinski definition) is 5. The highest BCUT2D eigenvalue weighted by atomic mass is 16.5. The Kier molecular flexibility index (Phi) is 5.92. The van der Waals surface area contributed by atoms with Gasteiger partial charge in [-0.2, -0.15) is 4.98 Å². The number of anilines is 1. The molecule has 0 spiro atoms. The summed E-state index contributed by atoms with van der Waals surface area (Å²) in [5.41, 5.74) is 3.56. The van der Waals surface area contributed by atoms with E-state index >= 15 is 0 Å². The van der Waals surface area contributed by atoms with E-state index in [2.05, 4.69) is 60.4 Å². The molecule has 1 aliphatic rings. The Bertz CT molecular complexity index is 914. The minimum atomic E-state index is 0.383. The summed E-state index contributed by atoms with van der Waals surface area (Å²) in [5, 5.41) is 4.80. The van der Waals surface area contributed by atoms with Gasteiger partial charge in [0.2, 0.25) is 5.95 Å². The minimum Gasteiger partial charge on any atom is -0.379 e. The topological polar surface area (TPSA) is 46.4 Å². The molecule has 152 valence electrons. The number of aromatic nitrogens is 3. The van der Waals surface area contributed by atoms with Crippen LogP contribution in [-0.4, -0.2) is 60.1 Å². The molecule has 1 fully saturated rings. The molecule has 0 N–H and O–H groups in total. The average Bonchev–Trinajstić information content (AvgIpc) is 3.19. The van der Waals surface area contributed by atoms with Crippen LogP contribution in [0.25, 0.3) is 11.4 Å². The lowest BCUT2D eigenvalue weighted by Crippen LogP contribution is -2.37. The van der Waals surface area contributed by atoms with E-state index in [1.165, 1.54) is 11.1 Å². The Balaban J connectivity index is 1.55. The van der Waals surface area contributed by atoms with Crippen LogP contribution in [0.4, 0.5) is 5.95 Å². The lowest BCUT2D eigenvalue weighted by atomic mass is 10.0. The van der Waals surface area contributed by atoms with Gasteiger partial charge >= 0.3 is 0 Å². The molecule has 2 heterocycles. The van der Waals surface area contributed by atoms with Crippen molar-refractivity contribution < 1.29 is 4.74 Å². The van der Waals surface area contributed by atoms with Crippen LogP contribution in [0.2, 0.25) is 0 Å². The number of benzene rings is 2. The Morgan fingerprint density at radius 2 is 1.69 bits per heavy atom. The van der Waals surface area contributed by atoms with Crippen LogP contribution in [0.15, 0.2) is 54.6 Å². The first-order chi connectivity index (χ1) is 14.1. The van der Waals surface area contributed by atoms with Gasteiger partial charge in [-0.3, -0.25) is 4.90 Å². The first-order valence-electron chi connectivity index (χ1n) is 10.2. The molecule has 0 unspecified atom stereocenters. The van der Waals surface area contributed by atoms with Crippen molar-refractivity contribution in [1.82, 2.24) is 19.7 Å². The van der Waals surface area contributed by atoms with Gasteiger partial charge in [0.25, 0.3) is 0 Å². The summed E-state index contributed by atoms with van der Waals surface area (Å²) in [6.45, 7) is 6.57. The largest absolute Gasteiger partial charge is 0.379 e. The Morgan fingerprint density at radius 3 is 2.34 bits per heavy atom. The van der Waals surface area contributed by atoms with Gasteiger partial charge in [0, 0.05) is 38.8 Å². The summed E-state index contributed by atoms with van der Waals surface area (Å²) in [7, 11) is 4.00. The Hall–Kier alpha value is -2.70. The Labute approximate surface area is 172 Å². The van der Waals surface area contributed by atoms with Crippen molar-refractivity contribution in [2.75, 3.05) is 45.3 Å². The molecule has 1 aliphatic heterocycles. The van der Waals surface area contributed by atoms with E-state index in [0.29, 0.717) is 12.6 Å². The van der Waals surface area contributed by atoms with Crippen molar-refractivity contribution in [3.63, 3.8) is 0 Å². The second kappa shape index (κ2) is 8.76. The van der Waals surface area contributed by atoms with Crippen molar-refractivity contribution in [3.05, 3.63) is 65.7 Å². The first-order valence-corrected chi connectivity index (χ1v) is 10.2. The molecule has 0 aliphatic carbocycles. The van der Waals surface area contributed by atoms with Crippen LogP contribution in [0, 0.1) is 0 Å². The van der Waals surface area contributed by atoms with Crippen molar-refractivity contribution >= 4 is 5.95 Å². The van der Waals surface area contributed by atoms with Crippen molar-refractivity contribution in [2.45, 2.75) is 19.5 Å². The number of nitrogens with zero attached hydrogens (tertiary/aromatic N) is 5. The monoisotopic (exact) mass is 391 g/mol. The SMILES string of the molecule is C[C@@H](c1ccc(-c2nc(N(C)C)n(Cc3ccccc3)n2)cc1)N1CCOCC1. The normalized spacial score (nSPS) is 16.0. The van der Waals surface area contributed by atoms with Crippen molar-refractivity contribution in [2.24, 2.45) is 0 Å². The summed E-state index contributed by atoms with van der Waals surface area (Å²) in [6, 6.07) is 19.4. The van der Waals surface area contributed by atoms with Gasteiger partial charge in [0.15, 0.2) is 5.82 Å². The molecule has 1 atom stereocenters. The zero-order valence-corrected chi connectivity index (χ0v) is 17.5. The predicted octanol–water partition coefficient (Wildman–Crippen LogP) is 3.45. The van der Waals surface area contributed by atoms with Crippen LogP contribution in [0.1, 0.15) is 24.1 Å². The zero-order valence-electron chi connectivity index (χ0n) is 17.5.